The molecule has 0 saturated carbocycles. The van der Waals surface area contributed by atoms with E-state index < -0.39 is 11.2 Å². The maximum Gasteiger partial charge on any atom is 0.299 e. The molecule has 0 amide bonds. The first kappa shape index (κ1) is 13.3. The zero-order chi connectivity index (χ0) is 13.8. The Morgan fingerprint density at radius 2 is 2.26 bits per heavy atom. The summed E-state index contributed by atoms with van der Waals surface area (Å²) in [6.45, 7) is -0.577. The molecule has 0 aliphatic rings. The van der Waals surface area contributed by atoms with E-state index in [0.29, 0.717) is 5.52 Å². The number of nitrogens with zero attached hydrogens (tertiary/aromatic N) is 4. The normalized spacial score (nSPS) is 12.7. The van der Waals surface area contributed by atoms with Crippen LogP contribution >= 0.6 is 0 Å². The smallest absolute Gasteiger partial charge is 0.299 e. The Morgan fingerprint density at radius 3 is 2.89 bits per heavy atom. The summed E-state index contributed by atoms with van der Waals surface area (Å²) in [5.74, 6) is 0. The molecule has 0 radical (unpaired) electrons. The topological polar surface area (TPSA) is 124 Å². The molecule has 1 atom stereocenters. The van der Waals surface area contributed by atoms with Gasteiger partial charge < -0.3 is 14.9 Å². The zero-order valence-corrected chi connectivity index (χ0v) is 9.84. The molecule has 19 heavy (non-hydrogen) atoms. The van der Waals surface area contributed by atoms with Crippen molar-refractivity contribution in [2.24, 2.45) is 0 Å². The molecule has 0 spiro atoms. The van der Waals surface area contributed by atoms with Gasteiger partial charge in [-0.15, -0.1) is 5.10 Å². The molecule has 2 rings (SSSR count). The number of benzene rings is 1. The number of non-ortho nitro benzene ring substituents is 1. The van der Waals surface area contributed by atoms with Crippen molar-refractivity contribution in [2.75, 3.05) is 19.8 Å². The number of hydrogen-bond donors (Lipinski definition) is 2. The highest BCUT2D eigenvalue weighted by Crippen LogP contribution is 2.24. The van der Waals surface area contributed by atoms with Crippen molar-refractivity contribution in [3.05, 3.63) is 28.3 Å². The summed E-state index contributed by atoms with van der Waals surface area (Å²) in [4.78, 5) is 10.3. The highest BCUT2D eigenvalue weighted by molar-refractivity contribution is 5.83. The number of rotatable bonds is 6. The van der Waals surface area contributed by atoms with Crippen LogP contribution in [0.3, 0.4) is 0 Å². The lowest BCUT2D eigenvalue weighted by Crippen LogP contribution is -2.19. The molecule has 1 heterocycles. The summed E-state index contributed by atoms with van der Waals surface area (Å²) in [6, 6.07) is 4.41. The van der Waals surface area contributed by atoms with E-state index in [1.165, 1.54) is 16.8 Å². The molecule has 1 aromatic heterocycles. The lowest BCUT2D eigenvalue weighted by atomic mass is 10.2. The van der Waals surface area contributed by atoms with E-state index in [1.54, 1.807) is 6.07 Å². The van der Waals surface area contributed by atoms with Gasteiger partial charge in [-0.3, -0.25) is 10.1 Å². The van der Waals surface area contributed by atoms with Gasteiger partial charge in [-0.05, 0) is 6.07 Å². The highest BCUT2D eigenvalue weighted by Gasteiger charge is 2.21. The third kappa shape index (κ3) is 2.52. The van der Waals surface area contributed by atoms with E-state index in [1.807, 2.05) is 0 Å². The van der Waals surface area contributed by atoms with Gasteiger partial charge in [0, 0.05) is 6.07 Å². The second kappa shape index (κ2) is 5.69. The molecule has 2 N–H and O–H groups in total. The quantitative estimate of drug-likeness (QED) is 0.551. The predicted octanol–water partition coefficient (Wildman–Crippen LogP) is -0.161. The molecule has 0 saturated heterocycles. The molecule has 102 valence electrons. The van der Waals surface area contributed by atoms with Gasteiger partial charge in [0.2, 0.25) is 0 Å². The summed E-state index contributed by atoms with van der Waals surface area (Å²) in [7, 11) is 0. The van der Waals surface area contributed by atoms with E-state index in [4.69, 9.17) is 9.84 Å². The fourth-order valence-electron chi connectivity index (χ4n) is 1.70. The molecule has 1 unspecified atom stereocenters. The summed E-state index contributed by atoms with van der Waals surface area (Å²) >= 11 is 0. The fourth-order valence-corrected chi connectivity index (χ4v) is 1.70. The first-order valence-corrected chi connectivity index (χ1v) is 5.50. The van der Waals surface area contributed by atoms with Gasteiger partial charge >= 0.3 is 0 Å². The molecule has 9 heteroatoms. The average Bonchev–Trinajstić information content (AvgIpc) is 2.83. The van der Waals surface area contributed by atoms with E-state index >= 15 is 0 Å². The number of nitro groups is 1. The largest absolute Gasteiger partial charge is 0.394 e. The monoisotopic (exact) mass is 268 g/mol. The van der Waals surface area contributed by atoms with Crippen molar-refractivity contribution in [3.8, 4) is 0 Å². The number of hydrogen-bond acceptors (Lipinski definition) is 7. The van der Waals surface area contributed by atoms with Crippen LogP contribution in [0.4, 0.5) is 5.69 Å². The summed E-state index contributed by atoms with van der Waals surface area (Å²) < 4.78 is 6.43. The number of aliphatic hydroxyl groups is 2. The highest BCUT2D eigenvalue weighted by atomic mass is 16.6. The van der Waals surface area contributed by atoms with Crippen LogP contribution in [0.5, 0.6) is 0 Å². The van der Waals surface area contributed by atoms with Crippen LogP contribution < -0.4 is 0 Å². The number of ether oxygens (including phenoxy) is 1. The van der Waals surface area contributed by atoms with Crippen molar-refractivity contribution >= 4 is 16.7 Å². The first-order valence-electron chi connectivity index (χ1n) is 5.50. The second-order valence-corrected chi connectivity index (χ2v) is 3.67. The van der Waals surface area contributed by atoms with Crippen molar-refractivity contribution in [1.29, 1.82) is 0 Å². The van der Waals surface area contributed by atoms with E-state index in [9.17, 15) is 15.2 Å². The third-order valence-electron chi connectivity index (χ3n) is 2.51. The van der Waals surface area contributed by atoms with Crippen LogP contribution in [0.25, 0.3) is 11.0 Å². The van der Waals surface area contributed by atoms with Gasteiger partial charge in [-0.2, -0.15) is 0 Å². The minimum absolute atomic E-state index is 0.0154. The number of aromatic nitrogens is 3. The standard InChI is InChI=1S/C10H12N4O5/c15-4-5-19-9(6-16)13-7-2-1-3-8(14(17)18)10(7)11-12-13/h1-3,9,15-16H,4-6H2. The van der Waals surface area contributed by atoms with Crippen LogP contribution in [-0.4, -0.2) is 50.0 Å². The van der Waals surface area contributed by atoms with Gasteiger partial charge in [0.05, 0.1) is 30.3 Å². The molecule has 0 fully saturated rings. The minimum atomic E-state index is -0.848. The maximum atomic E-state index is 10.9. The molecule has 0 aliphatic carbocycles. The van der Waals surface area contributed by atoms with E-state index in [-0.39, 0.29) is 31.0 Å². The molecule has 9 nitrogen and oxygen atoms in total. The Bertz CT molecular complexity index is 584. The Hall–Kier alpha value is -2.10. The Balaban J connectivity index is 2.44. The van der Waals surface area contributed by atoms with Gasteiger partial charge in [-0.25, -0.2) is 4.68 Å². The maximum absolute atomic E-state index is 10.9. The lowest BCUT2D eigenvalue weighted by molar-refractivity contribution is -0.383. The van der Waals surface area contributed by atoms with Crippen molar-refractivity contribution in [1.82, 2.24) is 15.0 Å². The van der Waals surface area contributed by atoms with Crippen molar-refractivity contribution in [3.63, 3.8) is 0 Å². The zero-order valence-electron chi connectivity index (χ0n) is 9.84. The van der Waals surface area contributed by atoms with Crippen LogP contribution in [0.15, 0.2) is 18.2 Å². The fraction of sp³-hybridized carbons (Fsp3) is 0.400. The molecule has 0 aliphatic heterocycles. The lowest BCUT2D eigenvalue weighted by Gasteiger charge is -2.15. The van der Waals surface area contributed by atoms with Gasteiger partial charge in [0.15, 0.2) is 11.7 Å². The second-order valence-electron chi connectivity index (χ2n) is 3.67. The van der Waals surface area contributed by atoms with Gasteiger partial charge in [0.1, 0.15) is 0 Å². The molecular formula is C10H12N4O5. The SMILES string of the molecule is O=[N+]([O-])c1cccc2c1nnn2C(CO)OCCO. The molecule has 1 aromatic carbocycles. The molecular weight excluding hydrogens is 256 g/mol. The molecule has 2 aromatic rings. The summed E-state index contributed by atoms with van der Waals surface area (Å²) in [6.07, 6.45) is -0.848. The van der Waals surface area contributed by atoms with E-state index in [0.717, 1.165) is 0 Å². The molecule has 0 bridgehead atoms. The van der Waals surface area contributed by atoms with Crippen LogP contribution in [0.2, 0.25) is 0 Å². The Labute approximate surface area is 107 Å². The predicted molar refractivity (Wildman–Crippen MR) is 63.3 cm³/mol. The van der Waals surface area contributed by atoms with Gasteiger partial charge in [0.25, 0.3) is 5.69 Å². The van der Waals surface area contributed by atoms with Crippen LogP contribution in [-0.2, 0) is 4.74 Å². The van der Waals surface area contributed by atoms with E-state index in [2.05, 4.69) is 10.3 Å². The minimum Gasteiger partial charge on any atom is -0.394 e. The third-order valence-corrected chi connectivity index (χ3v) is 2.51. The average molecular weight is 268 g/mol. The van der Waals surface area contributed by atoms with Crippen LogP contribution in [0, 0.1) is 10.1 Å². The van der Waals surface area contributed by atoms with Crippen molar-refractivity contribution in [2.45, 2.75) is 6.23 Å². The number of aliphatic hydroxyl groups excluding tert-OH is 2. The summed E-state index contributed by atoms with van der Waals surface area (Å²) in [5.41, 5.74) is 0.340. The number of fused-ring (bicyclic) bond motifs is 1. The summed E-state index contributed by atoms with van der Waals surface area (Å²) in [5, 5.41) is 36.3. The Kier molecular flexibility index (Phi) is 4.00. The van der Waals surface area contributed by atoms with Crippen molar-refractivity contribution < 1.29 is 19.9 Å². The number of nitro benzene ring substituents is 1. The van der Waals surface area contributed by atoms with Crippen LogP contribution in [0.1, 0.15) is 6.23 Å². The van der Waals surface area contributed by atoms with Gasteiger partial charge in [-0.1, -0.05) is 11.3 Å². The Morgan fingerprint density at radius 1 is 1.47 bits per heavy atom. The first-order chi connectivity index (χ1) is 9.19.